The Hall–Kier alpha value is 0.937. The number of ether oxygens (including phenoxy) is 1. The molecule has 2 nitrogen and oxygen atoms in total. The zero-order valence-corrected chi connectivity index (χ0v) is 28.6. The average molecular weight is 664 g/mol. The monoisotopic (exact) mass is 666 g/mol. The fraction of sp³-hybridized carbons (Fsp3) is 0.929. The molecule has 190 valence electrons. The third-order valence-corrected chi connectivity index (χ3v) is 43.9. The van der Waals surface area contributed by atoms with Gasteiger partial charge in [-0.2, -0.15) is 0 Å². The fourth-order valence-corrected chi connectivity index (χ4v) is 52.7. The Morgan fingerprint density at radius 2 is 0.969 bits per heavy atom. The van der Waals surface area contributed by atoms with Crippen LogP contribution in [0.25, 0.3) is 0 Å². The van der Waals surface area contributed by atoms with Crippen molar-refractivity contribution in [3.05, 3.63) is 9.53 Å². The van der Waals surface area contributed by atoms with Crippen molar-refractivity contribution in [1.82, 2.24) is 0 Å². The molecule has 1 unspecified atom stereocenters. The first-order valence-corrected chi connectivity index (χ1v) is 29.7. The molecule has 0 bridgehead atoms. The predicted molar refractivity (Wildman–Crippen MR) is 149 cm³/mol. The van der Waals surface area contributed by atoms with Crippen molar-refractivity contribution in [2.24, 2.45) is 0 Å². The summed E-state index contributed by atoms with van der Waals surface area (Å²) in [5.41, 5.74) is 0. The Morgan fingerprint density at radius 3 is 1.31 bits per heavy atom. The van der Waals surface area contributed by atoms with Gasteiger partial charge in [-0.3, -0.25) is 0 Å². The molecular weight excluding hydrogens is 606 g/mol. The molecule has 1 aliphatic heterocycles. The predicted octanol–water partition coefficient (Wildman–Crippen LogP) is 10.4. The molecule has 0 saturated heterocycles. The van der Waals surface area contributed by atoms with E-state index in [9.17, 15) is 5.11 Å². The molecule has 0 radical (unpaired) electrons. The molecule has 4 heteroatoms. The summed E-state index contributed by atoms with van der Waals surface area (Å²) < 4.78 is 17.6. The summed E-state index contributed by atoms with van der Waals surface area (Å²) in [7, 11) is 0. The zero-order valence-electron chi connectivity index (χ0n) is 22.9. The van der Waals surface area contributed by atoms with Crippen LogP contribution in [0.5, 0.6) is 0 Å². The van der Waals surface area contributed by atoms with Gasteiger partial charge in [0.25, 0.3) is 0 Å². The second kappa shape index (κ2) is 17.4. The maximum absolute atomic E-state index is 11.4. The maximum atomic E-state index is 11.4. The van der Waals surface area contributed by atoms with Crippen molar-refractivity contribution in [3.63, 3.8) is 0 Å². The van der Waals surface area contributed by atoms with E-state index in [0.29, 0.717) is 9.88 Å². The summed E-state index contributed by atoms with van der Waals surface area (Å²) in [4.78, 5) is 0. The molecular formula is C28H58O2Sn2. The van der Waals surface area contributed by atoms with Crippen molar-refractivity contribution < 1.29 is 9.84 Å². The van der Waals surface area contributed by atoms with Gasteiger partial charge >= 0.3 is 212 Å². The summed E-state index contributed by atoms with van der Waals surface area (Å²) in [6, 6.07) is 0. The fourth-order valence-electron chi connectivity index (χ4n) is 6.36. The summed E-state index contributed by atoms with van der Waals surface area (Å²) in [6.45, 7) is 15.1. The Morgan fingerprint density at radius 1 is 0.625 bits per heavy atom. The molecule has 0 fully saturated rings. The molecule has 0 aromatic carbocycles. The number of aliphatic hydroxyl groups is 1. The van der Waals surface area contributed by atoms with Crippen LogP contribution in [0.1, 0.15) is 119 Å². The van der Waals surface area contributed by atoms with E-state index in [0.717, 1.165) is 6.61 Å². The molecule has 1 N–H and O–H groups in total. The van der Waals surface area contributed by atoms with Gasteiger partial charge in [0.1, 0.15) is 0 Å². The Kier molecular flexibility index (Phi) is 16.8. The third kappa shape index (κ3) is 8.86. The van der Waals surface area contributed by atoms with Gasteiger partial charge in [0.05, 0.1) is 0 Å². The van der Waals surface area contributed by atoms with E-state index in [4.69, 9.17) is 4.74 Å². The molecule has 1 aliphatic rings. The molecule has 0 aromatic heterocycles. The van der Waals surface area contributed by atoms with Crippen LogP contribution in [0, 0.1) is 0 Å². The van der Waals surface area contributed by atoms with Gasteiger partial charge in [0.15, 0.2) is 0 Å². The van der Waals surface area contributed by atoms with Crippen LogP contribution in [-0.4, -0.2) is 48.5 Å². The topological polar surface area (TPSA) is 29.5 Å². The number of rotatable bonds is 20. The Bertz CT molecular complexity index is 474. The SMILES string of the molecule is CCC[CH2][Sn]([CH2]CCC)([CH2]CCC)[C]1=C(O)OC[CH]1[Sn]([CH2]CCC)([CH2]CCC)[CH2]CCC. The first-order valence-electron chi connectivity index (χ1n) is 14.6. The molecule has 1 heterocycles. The minimum atomic E-state index is -2.70. The van der Waals surface area contributed by atoms with Gasteiger partial charge < -0.3 is 0 Å². The molecule has 0 saturated carbocycles. The summed E-state index contributed by atoms with van der Waals surface area (Å²) >= 11 is -5.21. The van der Waals surface area contributed by atoms with E-state index < -0.39 is 36.8 Å². The number of unbranched alkanes of at least 4 members (excludes halogenated alkanes) is 6. The van der Waals surface area contributed by atoms with Gasteiger partial charge in [-0.05, 0) is 0 Å². The molecule has 0 spiro atoms. The van der Waals surface area contributed by atoms with Crippen molar-refractivity contribution in [3.8, 4) is 0 Å². The summed E-state index contributed by atoms with van der Waals surface area (Å²) in [5, 5.41) is 11.4. The van der Waals surface area contributed by atoms with Crippen molar-refractivity contribution in [2.45, 2.75) is 149 Å². The quantitative estimate of drug-likeness (QED) is 0.131. The second-order valence-electron chi connectivity index (χ2n) is 10.8. The molecule has 0 aromatic rings. The standard InChI is InChI=1S/C4H4O2.6C4H9.2Sn/c5-4-2-1-3-6-4;6*1-3-4-2;;/h1,5H,3H2;6*1,3-4H2,2H3;;. The van der Waals surface area contributed by atoms with Gasteiger partial charge in [-0.1, -0.05) is 0 Å². The van der Waals surface area contributed by atoms with Crippen LogP contribution in [0.3, 0.4) is 0 Å². The van der Waals surface area contributed by atoms with Crippen molar-refractivity contribution in [2.75, 3.05) is 6.61 Å². The first kappa shape index (κ1) is 31.0. The number of hydrogen-bond acceptors (Lipinski definition) is 2. The van der Waals surface area contributed by atoms with E-state index in [1.165, 1.54) is 104 Å². The van der Waals surface area contributed by atoms with Gasteiger partial charge in [0, 0.05) is 0 Å². The second-order valence-corrected chi connectivity index (χ2v) is 38.0. The Balaban J connectivity index is 3.52. The van der Waals surface area contributed by atoms with Gasteiger partial charge in [-0.25, -0.2) is 0 Å². The molecule has 32 heavy (non-hydrogen) atoms. The third-order valence-electron chi connectivity index (χ3n) is 8.39. The molecule has 1 atom stereocenters. The van der Waals surface area contributed by atoms with Gasteiger partial charge in [0.2, 0.25) is 0 Å². The normalized spacial score (nSPS) is 17.2. The van der Waals surface area contributed by atoms with Crippen LogP contribution < -0.4 is 0 Å². The van der Waals surface area contributed by atoms with E-state index in [1.807, 2.05) is 0 Å². The molecule has 1 rings (SSSR count). The first-order chi connectivity index (χ1) is 15.5. The van der Waals surface area contributed by atoms with Crippen LogP contribution >= 0.6 is 0 Å². The number of hydrogen-bond donors (Lipinski definition) is 1. The molecule has 0 aliphatic carbocycles. The van der Waals surface area contributed by atoms with Gasteiger partial charge in [-0.15, -0.1) is 0 Å². The van der Waals surface area contributed by atoms with Crippen LogP contribution in [0.4, 0.5) is 0 Å². The van der Waals surface area contributed by atoms with E-state index in [2.05, 4.69) is 41.5 Å². The van der Waals surface area contributed by atoms with E-state index >= 15 is 0 Å². The summed E-state index contributed by atoms with van der Waals surface area (Å²) in [6.07, 6.45) is 16.2. The number of aliphatic hydroxyl groups excluding tert-OH is 1. The van der Waals surface area contributed by atoms with Crippen LogP contribution in [0.2, 0.25) is 30.6 Å². The van der Waals surface area contributed by atoms with E-state index in [1.54, 1.807) is 3.59 Å². The average Bonchev–Trinajstić information content (AvgIpc) is 3.21. The van der Waals surface area contributed by atoms with Crippen molar-refractivity contribution >= 4 is 36.8 Å². The molecule has 0 amide bonds. The van der Waals surface area contributed by atoms with Crippen LogP contribution in [0.15, 0.2) is 9.53 Å². The van der Waals surface area contributed by atoms with Crippen molar-refractivity contribution in [1.29, 1.82) is 0 Å². The Labute approximate surface area is 210 Å². The minimum absolute atomic E-state index is 0.472. The zero-order chi connectivity index (χ0) is 23.9. The van der Waals surface area contributed by atoms with Crippen LogP contribution in [-0.2, 0) is 4.74 Å². The van der Waals surface area contributed by atoms with E-state index in [-0.39, 0.29) is 0 Å². The summed E-state index contributed by atoms with van der Waals surface area (Å²) in [5.74, 6) is 0.472.